The monoisotopic (exact) mass is 223 g/mol. The van der Waals surface area contributed by atoms with Crippen LogP contribution in [0.4, 0.5) is 0 Å². The lowest BCUT2D eigenvalue weighted by Gasteiger charge is -1.99. The van der Waals surface area contributed by atoms with E-state index in [2.05, 4.69) is 4.98 Å². The Bertz CT molecular complexity index is 634. The second-order valence-corrected chi connectivity index (χ2v) is 3.77. The summed E-state index contributed by atoms with van der Waals surface area (Å²) >= 11 is -1.91. The van der Waals surface area contributed by atoms with Gasteiger partial charge < -0.3 is 13.4 Å². The molecule has 1 N–H and O–H groups in total. The lowest BCUT2D eigenvalue weighted by molar-refractivity contribution is 0.520. The Labute approximate surface area is 86.5 Å². The number of aromatic nitrogens is 1. The Hall–Kier alpha value is -1.82. The number of nitrogens with one attached hydrogen (secondary N) is 1. The second kappa shape index (κ2) is 2.83. The van der Waals surface area contributed by atoms with Gasteiger partial charge in [-0.1, -0.05) is 12.1 Å². The van der Waals surface area contributed by atoms with Gasteiger partial charge in [-0.25, -0.2) is 0 Å². The van der Waals surface area contributed by atoms with Crippen LogP contribution in [0.3, 0.4) is 0 Å². The molecule has 0 saturated carbocycles. The van der Waals surface area contributed by atoms with Crippen LogP contribution in [0.15, 0.2) is 29.1 Å². The van der Waals surface area contributed by atoms with Crippen molar-refractivity contribution in [2.24, 2.45) is 0 Å². The highest BCUT2D eigenvalue weighted by Gasteiger charge is 2.27. The van der Waals surface area contributed by atoms with E-state index in [0.717, 1.165) is 0 Å². The maximum absolute atomic E-state index is 11.5. The Balaban J connectivity index is 2.48. The molecule has 0 bridgehead atoms. The highest BCUT2D eigenvalue weighted by molar-refractivity contribution is 7.76. The minimum atomic E-state index is -1.91. The fraction of sp³-hybridized carbons (Fsp3) is 0. The highest BCUT2D eigenvalue weighted by atomic mass is 32.2. The van der Waals surface area contributed by atoms with Crippen molar-refractivity contribution in [3.05, 3.63) is 34.6 Å². The normalized spacial score (nSPS) is 18.3. The first-order valence-electron chi connectivity index (χ1n) is 4.19. The Morgan fingerprint density at radius 1 is 1.13 bits per heavy atom. The highest BCUT2D eigenvalue weighted by Crippen LogP contribution is 2.36. The number of H-pyrrole nitrogens is 1. The van der Waals surface area contributed by atoms with E-state index in [1.54, 1.807) is 24.3 Å². The van der Waals surface area contributed by atoms with E-state index in [1.165, 1.54) is 0 Å². The lowest BCUT2D eigenvalue weighted by Crippen LogP contribution is -2.07. The van der Waals surface area contributed by atoms with Crippen molar-refractivity contribution in [2.45, 2.75) is 0 Å². The average Bonchev–Trinajstić information content (AvgIpc) is 2.61. The first-order chi connectivity index (χ1) is 7.25. The van der Waals surface area contributed by atoms with Gasteiger partial charge in [-0.2, -0.15) is 4.21 Å². The first kappa shape index (κ1) is 8.49. The molecule has 1 aliphatic heterocycles. The average molecular weight is 223 g/mol. The predicted molar refractivity (Wildman–Crippen MR) is 54.0 cm³/mol. The molecule has 5 nitrogen and oxygen atoms in total. The van der Waals surface area contributed by atoms with Crippen LogP contribution in [0.2, 0.25) is 0 Å². The van der Waals surface area contributed by atoms with E-state index < -0.39 is 16.9 Å². The molecule has 2 aromatic rings. The summed E-state index contributed by atoms with van der Waals surface area (Å²) in [6.07, 6.45) is 0. The third-order valence-corrected chi connectivity index (χ3v) is 2.74. The zero-order chi connectivity index (χ0) is 10.4. The summed E-state index contributed by atoms with van der Waals surface area (Å²) in [5, 5.41) is 0.679. The fourth-order valence-electron chi connectivity index (χ4n) is 1.51. The number of hydrogen-bond donors (Lipinski definition) is 1. The maximum Gasteiger partial charge on any atom is 0.418 e. The van der Waals surface area contributed by atoms with Gasteiger partial charge in [0.2, 0.25) is 5.75 Å². The van der Waals surface area contributed by atoms with E-state index in [1.807, 2.05) is 0 Å². The maximum atomic E-state index is 11.5. The molecular weight excluding hydrogens is 218 g/mol. The Morgan fingerprint density at radius 2 is 1.87 bits per heavy atom. The molecule has 0 saturated heterocycles. The van der Waals surface area contributed by atoms with Crippen molar-refractivity contribution < 1.29 is 12.6 Å². The molecule has 0 amide bonds. The quantitative estimate of drug-likeness (QED) is 0.719. The largest absolute Gasteiger partial charge is 0.418 e. The van der Waals surface area contributed by atoms with Crippen LogP contribution >= 0.6 is 0 Å². The smallest absolute Gasteiger partial charge is 0.366 e. The Morgan fingerprint density at radius 3 is 2.73 bits per heavy atom. The van der Waals surface area contributed by atoms with Gasteiger partial charge in [0.15, 0.2) is 0 Å². The molecule has 1 aromatic heterocycles. The molecular formula is C9H5NO4S. The number of benzene rings is 1. The van der Waals surface area contributed by atoms with Crippen LogP contribution in [-0.4, -0.2) is 9.19 Å². The minimum Gasteiger partial charge on any atom is -0.366 e. The van der Waals surface area contributed by atoms with E-state index in [9.17, 15) is 9.00 Å². The van der Waals surface area contributed by atoms with E-state index in [-0.39, 0.29) is 11.5 Å². The van der Waals surface area contributed by atoms with Gasteiger partial charge in [-0.05, 0) is 12.1 Å². The van der Waals surface area contributed by atoms with Gasteiger partial charge >= 0.3 is 11.4 Å². The molecule has 1 atom stereocenters. The molecule has 1 aliphatic rings. The summed E-state index contributed by atoms with van der Waals surface area (Å²) in [6, 6.07) is 7.08. The number of fused-ring (bicyclic) bond motifs is 3. The van der Waals surface area contributed by atoms with Gasteiger partial charge in [-0.15, -0.1) is 0 Å². The van der Waals surface area contributed by atoms with E-state index >= 15 is 0 Å². The summed E-state index contributed by atoms with van der Waals surface area (Å²) in [5.74, 6) is 0.222. The predicted octanol–water partition coefficient (Wildman–Crippen LogP) is 0.878. The molecule has 0 spiro atoms. The van der Waals surface area contributed by atoms with Crippen molar-refractivity contribution in [2.75, 3.05) is 0 Å². The first-order valence-corrected chi connectivity index (χ1v) is 5.19. The van der Waals surface area contributed by atoms with Gasteiger partial charge in [0.05, 0.1) is 5.52 Å². The number of rotatable bonds is 0. The van der Waals surface area contributed by atoms with E-state index in [4.69, 9.17) is 8.37 Å². The number of pyridine rings is 1. The summed E-state index contributed by atoms with van der Waals surface area (Å²) < 4.78 is 20.7. The zero-order valence-electron chi connectivity index (χ0n) is 7.35. The molecule has 6 heteroatoms. The molecule has 0 fully saturated rings. The molecule has 1 unspecified atom stereocenters. The van der Waals surface area contributed by atoms with E-state index in [0.29, 0.717) is 10.9 Å². The van der Waals surface area contributed by atoms with Crippen molar-refractivity contribution in [1.29, 1.82) is 0 Å². The summed E-state index contributed by atoms with van der Waals surface area (Å²) in [7, 11) is 0. The van der Waals surface area contributed by atoms with Gasteiger partial charge in [-0.3, -0.25) is 4.79 Å². The fourth-order valence-corrected chi connectivity index (χ4v) is 2.13. The third-order valence-electron chi connectivity index (χ3n) is 2.14. The molecule has 3 rings (SSSR count). The van der Waals surface area contributed by atoms with Gasteiger partial charge in [0, 0.05) is 5.39 Å². The lowest BCUT2D eigenvalue weighted by atomic mass is 10.2. The molecule has 1 aromatic carbocycles. The number of hydrogen-bond acceptors (Lipinski definition) is 4. The third kappa shape index (κ3) is 1.15. The molecule has 15 heavy (non-hydrogen) atoms. The van der Waals surface area contributed by atoms with Crippen LogP contribution in [0, 0.1) is 0 Å². The van der Waals surface area contributed by atoms with Crippen LogP contribution in [-0.2, 0) is 11.4 Å². The van der Waals surface area contributed by atoms with Crippen LogP contribution in [0.1, 0.15) is 0 Å². The summed E-state index contributed by atoms with van der Waals surface area (Å²) in [6.45, 7) is 0. The summed E-state index contributed by atoms with van der Waals surface area (Å²) in [4.78, 5) is 14.1. The second-order valence-electron chi connectivity index (χ2n) is 3.03. The van der Waals surface area contributed by atoms with Crippen LogP contribution < -0.4 is 13.9 Å². The Kier molecular flexibility index (Phi) is 1.60. The molecule has 0 radical (unpaired) electrons. The van der Waals surface area contributed by atoms with Crippen LogP contribution in [0.25, 0.3) is 10.9 Å². The molecule has 2 heterocycles. The number of para-hydroxylation sites is 1. The molecule has 76 valence electrons. The SMILES string of the molecule is O=c1[nH]c2ccccc2c2c1OS(=O)O2. The number of aromatic amines is 1. The van der Waals surface area contributed by atoms with Gasteiger partial charge in [0.1, 0.15) is 0 Å². The van der Waals surface area contributed by atoms with Crippen molar-refractivity contribution in [3.63, 3.8) is 0 Å². The van der Waals surface area contributed by atoms with Gasteiger partial charge in [0.25, 0.3) is 11.3 Å². The minimum absolute atomic E-state index is 0.0213. The standard InChI is InChI=1S/C9H5NO4S/c11-9-8-7(13-15(12)14-8)5-3-1-2-4-6(5)10-9/h1-4H,(H,10,11). The molecule has 0 aliphatic carbocycles. The summed E-state index contributed by atoms with van der Waals surface area (Å²) in [5.41, 5.74) is 0.193. The zero-order valence-corrected chi connectivity index (χ0v) is 8.17. The van der Waals surface area contributed by atoms with Crippen LogP contribution in [0.5, 0.6) is 11.5 Å². The van der Waals surface area contributed by atoms with Crippen molar-refractivity contribution in [3.8, 4) is 11.5 Å². The van der Waals surface area contributed by atoms with Crippen molar-refractivity contribution >= 4 is 22.3 Å². The topological polar surface area (TPSA) is 68.4 Å². The van der Waals surface area contributed by atoms with Crippen molar-refractivity contribution in [1.82, 2.24) is 4.98 Å².